The van der Waals surface area contributed by atoms with Crippen molar-refractivity contribution in [3.05, 3.63) is 60.8 Å². The molecule has 0 aromatic carbocycles. The van der Waals surface area contributed by atoms with Gasteiger partial charge in [-0.3, -0.25) is 4.79 Å². The summed E-state index contributed by atoms with van der Waals surface area (Å²) in [5.74, 6) is -0.253. The van der Waals surface area contributed by atoms with Gasteiger partial charge in [-0.15, -0.1) is 0 Å². The first-order chi connectivity index (χ1) is 31.1. The first-order valence-corrected chi connectivity index (χ1v) is 24.5. The average Bonchev–Trinajstić information content (AvgIpc) is 3.29. The molecule has 0 saturated carbocycles. The summed E-state index contributed by atoms with van der Waals surface area (Å²) in [6, 6.07) is -0.913. The summed E-state index contributed by atoms with van der Waals surface area (Å²) < 4.78 is 22.5. The number of nitrogens with one attached hydrogen (secondary N) is 1. The zero-order valence-electron chi connectivity index (χ0n) is 39.0. The summed E-state index contributed by atoms with van der Waals surface area (Å²) in [4.78, 5) is 13.1. The molecule has 12 atom stereocenters. The van der Waals surface area contributed by atoms with E-state index >= 15 is 0 Å². The van der Waals surface area contributed by atoms with Gasteiger partial charge in [-0.05, 0) is 57.8 Å². The second-order valence-electron chi connectivity index (χ2n) is 17.2. The molecule has 0 aliphatic carbocycles. The molecule has 14 heteroatoms. The van der Waals surface area contributed by atoms with Crippen LogP contribution in [-0.2, 0) is 23.7 Å². The van der Waals surface area contributed by atoms with Crippen LogP contribution < -0.4 is 5.32 Å². The zero-order chi connectivity index (χ0) is 46.8. The maximum atomic E-state index is 13.1. The molecule has 1 amide bonds. The fourth-order valence-corrected chi connectivity index (χ4v) is 7.69. The second kappa shape index (κ2) is 36.8. The molecule has 64 heavy (non-hydrogen) atoms. The molecule has 2 fully saturated rings. The van der Waals surface area contributed by atoms with Gasteiger partial charge in [0.1, 0.15) is 48.8 Å². The third kappa shape index (κ3) is 23.9. The van der Waals surface area contributed by atoms with Crippen LogP contribution in [0.4, 0.5) is 0 Å². The van der Waals surface area contributed by atoms with Gasteiger partial charge in [0.15, 0.2) is 12.6 Å². The van der Waals surface area contributed by atoms with Crippen LogP contribution in [-0.4, -0.2) is 140 Å². The summed E-state index contributed by atoms with van der Waals surface area (Å²) in [5.41, 5.74) is 0. The molecule has 0 bridgehead atoms. The van der Waals surface area contributed by atoms with E-state index in [4.69, 9.17) is 18.9 Å². The number of amides is 1. The quantitative estimate of drug-likeness (QED) is 0.0265. The molecule has 9 N–H and O–H groups in total. The molecular formula is C50H87NO13. The Morgan fingerprint density at radius 2 is 1.08 bits per heavy atom. The number of aliphatic hydroxyl groups is 8. The summed E-state index contributed by atoms with van der Waals surface area (Å²) in [7, 11) is 0. The van der Waals surface area contributed by atoms with Crippen LogP contribution in [0.3, 0.4) is 0 Å². The topological polar surface area (TPSA) is 228 Å². The third-order valence-electron chi connectivity index (χ3n) is 11.7. The SMILES string of the molecule is CC/C=C\C/C=C\C/C=C\C/C=C\CCCCCCCCCCCCCCC(=O)NC(COC1OC(CO)C(OC2OC(CO)C(O)C(O)C2O)C(O)C1O)C(O)/C=C/CCCCC. The number of ether oxygens (including phenoxy) is 4. The Morgan fingerprint density at radius 3 is 1.66 bits per heavy atom. The van der Waals surface area contributed by atoms with Gasteiger partial charge in [0.25, 0.3) is 0 Å². The Balaban J connectivity index is 1.67. The maximum Gasteiger partial charge on any atom is 0.220 e. The van der Waals surface area contributed by atoms with Gasteiger partial charge >= 0.3 is 0 Å². The van der Waals surface area contributed by atoms with Gasteiger partial charge in [-0.1, -0.05) is 152 Å². The first kappa shape index (κ1) is 57.8. The van der Waals surface area contributed by atoms with Crippen LogP contribution in [0.5, 0.6) is 0 Å². The van der Waals surface area contributed by atoms with E-state index in [2.05, 4.69) is 67.8 Å². The number of unbranched alkanes of at least 4 members (excludes halogenated alkanes) is 15. The fraction of sp³-hybridized carbons (Fsp3) is 0.780. The second-order valence-corrected chi connectivity index (χ2v) is 17.2. The molecule has 370 valence electrons. The van der Waals surface area contributed by atoms with Gasteiger partial charge in [0, 0.05) is 6.42 Å². The van der Waals surface area contributed by atoms with Crippen molar-refractivity contribution in [2.75, 3.05) is 19.8 Å². The minimum atomic E-state index is -1.79. The molecule has 2 aliphatic rings. The Hall–Kier alpha value is -2.31. The number of hydrogen-bond acceptors (Lipinski definition) is 13. The Morgan fingerprint density at radius 1 is 0.578 bits per heavy atom. The van der Waals surface area contributed by atoms with Crippen molar-refractivity contribution >= 4 is 5.91 Å². The minimum absolute atomic E-state index is 0.253. The van der Waals surface area contributed by atoms with Crippen molar-refractivity contribution in [3.8, 4) is 0 Å². The van der Waals surface area contributed by atoms with E-state index in [1.807, 2.05) is 6.08 Å². The van der Waals surface area contributed by atoms with Crippen LogP contribution in [0.2, 0.25) is 0 Å². The number of carbonyl (C=O) groups is 1. The minimum Gasteiger partial charge on any atom is -0.394 e. The van der Waals surface area contributed by atoms with Crippen molar-refractivity contribution in [2.24, 2.45) is 0 Å². The lowest BCUT2D eigenvalue weighted by atomic mass is 9.97. The average molecular weight is 910 g/mol. The van der Waals surface area contributed by atoms with Crippen LogP contribution >= 0.6 is 0 Å². The van der Waals surface area contributed by atoms with Gasteiger partial charge in [0.2, 0.25) is 5.91 Å². The normalized spacial score (nSPS) is 27.8. The molecule has 0 radical (unpaired) electrons. The van der Waals surface area contributed by atoms with E-state index in [1.54, 1.807) is 6.08 Å². The lowest BCUT2D eigenvalue weighted by molar-refractivity contribution is -0.359. The monoisotopic (exact) mass is 910 g/mol. The van der Waals surface area contributed by atoms with E-state index in [-0.39, 0.29) is 18.9 Å². The predicted octanol–water partition coefficient (Wildman–Crippen LogP) is 5.88. The lowest BCUT2D eigenvalue weighted by Gasteiger charge is -2.46. The van der Waals surface area contributed by atoms with E-state index in [1.165, 1.54) is 51.4 Å². The largest absolute Gasteiger partial charge is 0.394 e. The number of hydrogen-bond donors (Lipinski definition) is 9. The Kier molecular flexibility index (Phi) is 33.2. The van der Waals surface area contributed by atoms with E-state index in [9.17, 15) is 45.6 Å². The van der Waals surface area contributed by atoms with Crippen molar-refractivity contribution in [1.82, 2.24) is 5.32 Å². The Labute approximate surface area is 384 Å². The fourth-order valence-electron chi connectivity index (χ4n) is 7.69. The molecule has 14 nitrogen and oxygen atoms in total. The highest BCUT2D eigenvalue weighted by molar-refractivity contribution is 5.76. The highest BCUT2D eigenvalue weighted by Crippen LogP contribution is 2.30. The highest BCUT2D eigenvalue weighted by Gasteiger charge is 2.51. The summed E-state index contributed by atoms with van der Waals surface area (Å²) >= 11 is 0. The molecule has 2 rings (SSSR count). The zero-order valence-corrected chi connectivity index (χ0v) is 39.0. The number of carbonyl (C=O) groups excluding carboxylic acids is 1. The van der Waals surface area contributed by atoms with Crippen molar-refractivity contribution in [3.63, 3.8) is 0 Å². The van der Waals surface area contributed by atoms with E-state index < -0.39 is 86.8 Å². The maximum absolute atomic E-state index is 13.1. The molecule has 2 saturated heterocycles. The number of rotatable bonds is 36. The Bertz CT molecular complexity index is 1310. The van der Waals surface area contributed by atoms with Crippen LogP contribution in [0, 0.1) is 0 Å². The number of allylic oxidation sites excluding steroid dienone is 9. The van der Waals surface area contributed by atoms with Crippen molar-refractivity contribution in [1.29, 1.82) is 0 Å². The molecule has 0 aromatic heterocycles. The molecular weight excluding hydrogens is 823 g/mol. The summed E-state index contributed by atoms with van der Waals surface area (Å²) in [5, 5.41) is 86.1. The van der Waals surface area contributed by atoms with Crippen LogP contribution in [0.25, 0.3) is 0 Å². The van der Waals surface area contributed by atoms with E-state index in [0.717, 1.165) is 77.0 Å². The van der Waals surface area contributed by atoms with Crippen molar-refractivity contribution in [2.45, 2.75) is 229 Å². The van der Waals surface area contributed by atoms with Crippen LogP contribution in [0.1, 0.15) is 155 Å². The smallest absolute Gasteiger partial charge is 0.220 e. The van der Waals surface area contributed by atoms with Gasteiger partial charge in [0.05, 0.1) is 32.0 Å². The lowest BCUT2D eigenvalue weighted by Crippen LogP contribution is -2.65. The van der Waals surface area contributed by atoms with Crippen LogP contribution in [0.15, 0.2) is 60.8 Å². The van der Waals surface area contributed by atoms with Gasteiger partial charge in [-0.2, -0.15) is 0 Å². The highest BCUT2D eigenvalue weighted by atomic mass is 16.7. The van der Waals surface area contributed by atoms with Gasteiger partial charge < -0.3 is 65.1 Å². The molecule has 2 aliphatic heterocycles. The molecule has 12 unspecified atom stereocenters. The summed E-state index contributed by atoms with van der Waals surface area (Å²) in [6.07, 6.45) is 27.6. The molecule has 0 aromatic rings. The first-order valence-electron chi connectivity index (χ1n) is 24.5. The van der Waals surface area contributed by atoms with Gasteiger partial charge in [-0.25, -0.2) is 0 Å². The van der Waals surface area contributed by atoms with E-state index in [0.29, 0.717) is 6.42 Å². The molecule has 2 heterocycles. The molecule has 0 spiro atoms. The predicted molar refractivity (Wildman–Crippen MR) is 249 cm³/mol. The van der Waals surface area contributed by atoms with Crippen molar-refractivity contribution < 1.29 is 64.6 Å². The third-order valence-corrected chi connectivity index (χ3v) is 11.7. The summed E-state index contributed by atoms with van der Waals surface area (Å²) in [6.45, 7) is 2.53. The number of aliphatic hydroxyl groups excluding tert-OH is 8. The standard InChI is InChI=1S/C50H87NO13/c1-3-5-7-9-10-11-12-13-14-15-16-17-18-19-20-21-22-23-24-25-26-27-28-30-32-34-42(55)51-38(39(54)33-31-29-8-6-4-2)37-61-49-47(60)45(58)48(41(36-53)63-49)64-50-46(59)44(57)43(56)40(35-52)62-50/h5,7,10-11,13-14,16-17,31,33,38-41,43-50,52-54,56-60H,3-4,6,8-9,12,15,18-30,32,34-37H2,1-2H3,(H,51,55)/b7-5-,11-10-,14-13-,17-16-,33-31+.